The van der Waals surface area contributed by atoms with Gasteiger partial charge in [0, 0.05) is 12.8 Å². The zero-order valence-corrected chi connectivity index (χ0v) is 12.4. The van der Waals surface area contributed by atoms with Gasteiger partial charge in [0.05, 0.1) is 12.1 Å². The van der Waals surface area contributed by atoms with Gasteiger partial charge in [-0.2, -0.15) is 15.5 Å². The van der Waals surface area contributed by atoms with Gasteiger partial charge >= 0.3 is 0 Å². The third-order valence-corrected chi connectivity index (χ3v) is 4.73. The Hall–Kier alpha value is -2.47. The molecule has 0 amide bonds. The van der Waals surface area contributed by atoms with E-state index < -0.39 is 5.54 Å². The predicted molar refractivity (Wildman–Crippen MR) is 84.7 cm³/mol. The molecule has 2 aliphatic carbocycles. The first kappa shape index (κ1) is 13.2. The van der Waals surface area contributed by atoms with E-state index in [4.69, 9.17) is 0 Å². The van der Waals surface area contributed by atoms with Crippen molar-refractivity contribution >= 4 is 0 Å². The third kappa shape index (κ3) is 2.21. The molecule has 0 aromatic heterocycles. The van der Waals surface area contributed by atoms with Gasteiger partial charge < -0.3 is 0 Å². The molecule has 0 unspecified atom stereocenters. The Balaban J connectivity index is 1.53. The average Bonchev–Trinajstić information content (AvgIpc) is 3.14. The first-order chi connectivity index (χ1) is 10.8. The number of hydrogen-bond acceptors (Lipinski definition) is 3. The first-order valence-corrected chi connectivity index (χ1v) is 7.75. The second-order valence-corrected chi connectivity index (χ2v) is 6.31. The van der Waals surface area contributed by atoms with E-state index in [2.05, 4.69) is 52.7 Å². The van der Waals surface area contributed by atoms with E-state index in [0.29, 0.717) is 12.8 Å². The van der Waals surface area contributed by atoms with Crippen molar-refractivity contribution in [1.29, 1.82) is 5.26 Å². The van der Waals surface area contributed by atoms with E-state index in [-0.39, 0.29) is 6.04 Å². The van der Waals surface area contributed by atoms with E-state index in [1.165, 1.54) is 22.3 Å². The molecule has 3 heteroatoms. The van der Waals surface area contributed by atoms with Gasteiger partial charge in [-0.3, -0.25) is 0 Å². The van der Waals surface area contributed by atoms with Crippen molar-refractivity contribution in [3.8, 4) is 6.07 Å². The molecule has 4 rings (SSSR count). The van der Waals surface area contributed by atoms with E-state index in [1.807, 2.05) is 12.1 Å². The maximum Gasteiger partial charge on any atom is 0.175 e. The fourth-order valence-corrected chi connectivity index (χ4v) is 3.58. The number of nitrogens with zero attached hydrogens (tertiary/aromatic N) is 3. The largest absolute Gasteiger partial charge is 0.196 e. The van der Waals surface area contributed by atoms with Crippen molar-refractivity contribution in [3.05, 3.63) is 70.8 Å². The van der Waals surface area contributed by atoms with Gasteiger partial charge in [-0.15, -0.1) is 0 Å². The summed E-state index contributed by atoms with van der Waals surface area (Å²) in [4.78, 5) is 0. The molecule has 3 nitrogen and oxygen atoms in total. The van der Waals surface area contributed by atoms with Crippen LogP contribution in [0.25, 0.3) is 0 Å². The highest BCUT2D eigenvalue weighted by molar-refractivity contribution is 5.40. The molecule has 0 atom stereocenters. The lowest BCUT2D eigenvalue weighted by molar-refractivity contribution is 0.513. The topological polar surface area (TPSA) is 48.5 Å². The molecular weight excluding hydrogens is 270 g/mol. The van der Waals surface area contributed by atoms with E-state index >= 15 is 0 Å². The fourth-order valence-electron chi connectivity index (χ4n) is 3.58. The van der Waals surface area contributed by atoms with Crippen LogP contribution >= 0.6 is 0 Å². The maximum absolute atomic E-state index is 9.63. The molecule has 22 heavy (non-hydrogen) atoms. The van der Waals surface area contributed by atoms with Gasteiger partial charge in [-0.1, -0.05) is 48.5 Å². The number of benzene rings is 2. The second kappa shape index (κ2) is 5.06. The molecule has 2 aromatic carbocycles. The Kier molecular flexibility index (Phi) is 3.04. The Morgan fingerprint density at radius 2 is 1.36 bits per heavy atom. The summed E-state index contributed by atoms with van der Waals surface area (Å²) in [5, 5.41) is 18.7. The van der Waals surface area contributed by atoms with Crippen LogP contribution < -0.4 is 0 Å². The minimum atomic E-state index is -0.696. The van der Waals surface area contributed by atoms with Crippen molar-refractivity contribution in [2.45, 2.75) is 37.3 Å². The smallest absolute Gasteiger partial charge is 0.175 e. The molecule has 0 spiro atoms. The van der Waals surface area contributed by atoms with Gasteiger partial charge in [-0.25, -0.2) is 0 Å². The Bertz CT molecular complexity index is 735. The second-order valence-electron chi connectivity index (χ2n) is 6.31. The molecule has 0 heterocycles. The molecule has 0 bridgehead atoms. The normalized spacial score (nSPS) is 19.0. The molecule has 108 valence electrons. The van der Waals surface area contributed by atoms with Crippen LogP contribution in [0.5, 0.6) is 0 Å². The number of nitriles is 1. The minimum absolute atomic E-state index is 0.186. The van der Waals surface area contributed by atoms with Gasteiger partial charge in [0.25, 0.3) is 0 Å². The summed E-state index contributed by atoms with van der Waals surface area (Å²) in [5.74, 6) is 0. The molecule has 0 fully saturated rings. The summed E-state index contributed by atoms with van der Waals surface area (Å²) in [6, 6.07) is 19.3. The van der Waals surface area contributed by atoms with Crippen molar-refractivity contribution in [2.75, 3.05) is 0 Å². The summed E-state index contributed by atoms with van der Waals surface area (Å²) < 4.78 is 0. The highest BCUT2D eigenvalue weighted by Gasteiger charge is 2.38. The van der Waals surface area contributed by atoms with Crippen molar-refractivity contribution in [3.63, 3.8) is 0 Å². The van der Waals surface area contributed by atoms with Crippen molar-refractivity contribution in [1.82, 2.24) is 0 Å². The molecule has 0 N–H and O–H groups in total. The molecule has 0 aliphatic heterocycles. The SMILES string of the molecule is N#CC1(N=NC2Cc3ccccc3C2)Cc2ccccc2C1. The monoisotopic (exact) mass is 287 g/mol. The zero-order chi connectivity index (χ0) is 15.0. The van der Waals surface area contributed by atoms with Crippen LogP contribution in [0.3, 0.4) is 0 Å². The molecule has 2 aromatic rings. The van der Waals surface area contributed by atoms with E-state index in [1.54, 1.807) is 0 Å². The Morgan fingerprint density at radius 1 is 0.864 bits per heavy atom. The van der Waals surface area contributed by atoms with Crippen LogP contribution in [-0.4, -0.2) is 11.6 Å². The molecular formula is C19H17N3. The van der Waals surface area contributed by atoms with Crippen LogP contribution in [0, 0.1) is 11.3 Å². The first-order valence-electron chi connectivity index (χ1n) is 7.75. The summed E-state index contributed by atoms with van der Waals surface area (Å²) in [7, 11) is 0. The van der Waals surface area contributed by atoms with Gasteiger partial charge in [0.2, 0.25) is 0 Å². The lowest BCUT2D eigenvalue weighted by Crippen LogP contribution is -2.24. The number of rotatable bonds is 2. The summed E-state index contributed by atoms with van der Waals surface area (Å²) >= 11 is 0. The highest BCUT2D eigenvalue weighted by atomic mass is 15.2. The third-order valence-electron chi connectivity index (χ3n) is 4.73. The molecule has 0 saturated carbocycles. The van der Waals surface area contributed by atoms with Crippen molar-refractivity contribution < 1.29 is 0 Å². The van der Waals surface area contributed by atoms with Crippen LogP contribution in [0.15, 0.2) is 58.8 Å². The van der Waals surface area contributed by atoms with E-state index in [9.17, 15) is 5.26 Å². The number of azo groups is 1. The van der Waals surface area contributed by atoms with Crippen LogP contribution in [-0.2, 0) is 25.7 Å². The zero-order valence-electron chi connectivity index (χ0n) is 12.4. The van der Waals surface area contributed by atoms with E-state index in [0.717, 1.165) is 12.8 Å². The lowest BCUT2D eigenvalue weighted by atomic mass is 9.99. The number of fused-ring (bicyclic) bond motifs is 2. The summed E-state index contributed by atoms with van der Waals surface area (Å²) in [6.07, 6.45) is 3.24. The maximum atomic E-state index is 9.63. The standard InChI is InChI=1S/C19H17N3/c20-13-19(11-16-7-3-4-8-17(16)12-19)22-21-18-9-14-5-1-2-6-15(14)10-18/h1-8,18H,9-12H2. The highest BCUT2D eigenvalue weighted by Crippen LogP contribution is 2.34. The van der Waals surface area contributed by atoms with Crippen LogP contribution in [0.1, 0.15) is 22.3 Å². The lowest BCUT2D eigenvalue weighted by Gasteiger charge is -2.13. The summed E-state index contributed by atoms with van der Waals surface area (Å²) in [5.41, 5.74) is 4.51. The predicted octanol–water partition coefficient (Wildman–Crippen LogP) is 3.67. The van der Waals surface area contributed by atoms with Crippen LogP contribution in [0.2, 0.25) is 0 Å². The van der Waals surface area contributed by atoms with Crippen LogP contribution in [0.4, 0.5) is 0 Å². The number of hydrogen-bond donors (Lipinski definition) is 0. The van der Waals surface area contributed by atoms with Crippen molar-refractivity contribution in [2.24, 2.45) is 10.2 Å². The molecule has 0 radical (unpaired) electrons. The minimum Gasteiger partial charge on any atom is -0.196 e. The van der Waals surface area contributed by atoms with Gasteiger partial charge in [0.1, 0.15) is 0 Å². The van der Waals surface area contributed by atoms with Gasteiger partial charge in [0.15, 0.2) is 5.54 Å². The Labute approximate surface area is 130 Å². The Morgan fingerprint density at radius 3 is 1.86 bits per heavy atom. The summed E-state index contributed by atoms with van der Waals surface area (Å²) in [6.45, 7) is 0. The average molecular weight is 287 g/mol. The van der Waals surface area contributed by atoms with Gasteiger partial charge in [-0.05, 0) is 35.1 Å². The fraction of sp³-hybridized carbons (Fsp3) is 0.316. The molecule has 0 saturated heterocycles. The quantitative estimate of drug-likeness (QED) is 0.777. The molecule has 2 aliphatic rings.